The first-order valence-electron chi connectivity index (χ1n) is 6.17. The molecule has 90 valence electrons. The zero-order chi connectivity index (χ0) is 11.7. The summed E-state index contributed by atoms with van der Waals surface area (Å²) >= 11 is 0. The highest BCUT2D eigenvalue weighted by Crippen LogP contribution is 2.27. The smallest absolute Gasteiger partial charge is 0.176 e. The van der Waals surface area contributed by atoms with Gasteiger partial charge in [0.05, 0.1) is 12.0 Å². The van der Waals surface area contributed by atoms with Gasteiger partial charge in [0, 0.05) is 18.8 Å². The van der Waals surface area contributed by atoms with E-state index in [1.165, 1.54) is 24.2 Å². The van der Waals surface area contributed by atoms with E-state index in [0.29, 0.717) is 0 Å². The van der Waals surface area contributed by atoms with E-state index >= 15 is 0 Å². The summed E-state index contributed by atoms with van der Waals surface area (Å²) in [4.78, 5) is 4.73. The molecule has 1 N–H and O–H groups in total. The lowest BCUT2D eigenvalue weighted by Crippen LogP contribution is -2.14. The van der Waals surface area contributed by atoms with Crippen molar-refractivity contribution in [3.05, 3.63) is 29.8 Å². The van der Waals surface area contributed by atoms with Crippen LogP contribution in [0.2, 0.25) is 0 Å². The summed E-state index contributed by atoms with van der Waals surface area (Å²) in [5.41, 5.74) is 2.54. The second-order valence-corrected chi connectivity index (χ2v) is 4.45. The summed E-state index contributed by atoms with van der Waals surface area (Å²) in [5, 5.41) is 3.19. The maximum Gasteiger partial charge on any atom is 0.176 e. The fourth-order valence-electron chi connectivity index (χ4n) is 2.52. The third kappa shape index (κ3) is 1.78. The minimum Gasteiger partial charge on any atom is -0.461 e. The molecule has 0 saturated carbocycles. The van der Waals surface area contributed by atoms with E-state index in [4.69, 9.17) is 9.40 Å². The average molecular weight is 231 g/mol. The number of rotatable bonds is 3. The number of nitrogens with zero attached hydrogens (tertiary/aromatic N) is 2. The molecule has 4 nitrogen and oxygen atoms in total. The van der Waals surface area contributed by atoms with Crippen molar-refractivity contribution < 1.29 is 4.42 Å². The fourth-order valence-corrected chi connectivity index (χ4v) is 2.52. The van der Waals surface area contributed by atoms with Gasteiger partial charge in [-0.3, -0.25) is 0 Å². The molecule has 17 heavy (non-hydrogen) atoms. The van der Waals surface area contributed by atoms with Crippen molar-refractivity contribution in [2.75, 3.05) is 7.05 Å². The highest BCUT2D eigenvalue weighted by molar-refractivity contribution is 5.50. The van der Waals surface area contributed by atoms with E-state index < -0.39 is 0 Å². The number of fused-ring (bicyclic) bond motifs is 1. The molecule has 0 aromatic carbocycles. The van der Waals surface area contributed by atoms with Gasteiger partial charge in [0.1, 0.15) is 0 Å². The van der Waals surface area contributed by atoms with Crippen LogP contribution in [0.5, 0.6) is 0 Å². The van der Waals surface area contributed by atoms with Crippen LogP contribution in [-0.2, 0) is 19.5 Å². The molecule has 0 spiro atoms. The molecule has 0 saturated heterocycles. The molecule has 0 atom stereocenters. The molecule has 0 unspecified atom stereocenters. The molecule has 2 aromatic heterocycles. The van der Waals surface area contributed by atoms with Gasteiger partial charge in [-0.2, -0.15) is 0 Å². The molecule has 4 heteroatoms. The third-order valence-corrected chi connectivity index (χ3v) is 3.29. The summed E-state index contributed by atoms with van der Waals surface area (Å²) in [7, 11) is 1.96. The van der Waals surface area contributed by atoms with Gasteiger partial charge in [-0.1, -0.05) is 0 Å². The van der Waals surface area contributed by atoms with Crippen molar-refractivity contribution in [2.45, 2.75) is 32.4 Å². The number of hydrogen-bond donors (Lipinski definition) is 1. The van der Waals surface area contributed by atoms with E-state index in [1.54, 1.807) is 6.26 Å². The average Bonchev–Trinajstić information content (AvgIpc) is 2.97. The lowest BCUT2D eigenvalue weighted by molar-refractivity contribution is 0.517. The SMILES string of the molecule is CNCc1nc(-c2ccco2)n2c1CCCC2. The molecular weight excluding hydrogens is 214 g/mol. The normalized spacial score (nSPS) is 14.9. The van der Waals surface area contributed by atoms with Crippen LogP contribution in [-0.4, -0.2) is 16.6 Å². The Morgan fingerprint density at radius 2 is 2.41 bits per heavy atom. The largest absolute Gasteiger partial charge is 0.461 e. The van der Waals surface area contributed by atoms with Crippen molar-refractivity contribution >= 4 is 0 Å². The number of furan rings is 1. The van der Waals surface area contributed by atoms with Crippen LogP contribution in [0.1, 0.15) is 24.2 Å². The minimum atomic E-state index is 0.829. The van der Waals surface area contributed by atoms with Crippen LogP contribution >= 0.6 is 0 Å². The molecule has 2 aromatic rings. The van der Waals surface area contributed by atoms with Gasteiger partial charge in [0.25, 0.3) is 0 Å². The highest BCUT2D eigenvalue weighted by Gasteiger charge is 2.21. The highest BCUT2D eigenvalue weighted by atomic mass is 16.3. The van der Waals surface area contributed by atoms with Crippen LogP contribution in [0, 0.1) is 0 Å². The number of aromatic nitrogens is 2. The van der Waals surface area contributed by atoms with E-state index in [0.717, 1.165) is 31.1 Å². The number of hydrogen-bond acceptors (Lipinski definition) is 3. The predicted octanol–water partition coefficient (Wildman–Crippen LogP) is 2.20. The van der Waals surface area contributed by atoms with Crippen LogP contribution in [0.3, 0.4) is 0 Å². The molecule has 0 amide bonds. The summed E-state index contributed by atoms with van der Waals surface area (Å²) in [5.74, 6) is 1.85. The minimum absolute atomic E-state index is 0.829. The van der Waals surface area contributed by atoms with Gasteiger partial charge in [-0.15, -0.1) is 0 Å². The first kappa shape index (κ1) is 10.6. The first-order chi connectivity index (χ1) is 8.40. The molecule has 0 bridgehead atoms. The second-order valence-electron chi connectivity index (χ2n) is 4.45. The number of imidazole rings is 1. The summed E-state index contributed by atoms with van der Waals surface area (Å²) in [6.07, 6.45) is 5.33. The van der Waals surface area contributed by atoms with Gasteiger partial charge in [-0.25, -0.2) is 4.98 Å². The zero-order valence-corrected chi connectivity index (χ0v) is 10.1. The molecule has 3 rings (SSSR count). The molecule has 0 radical (unpaired) electrons. The summed E-state index contributed by atoms with van der Waals surface area (Å²) < 4.78 is 7.79. The van der Waals surface area contributed by atoms with E-state index in [9.17, 15) is 0 Å². The van der Waals surface area contributed by atoms with Gasteiger partial charge in [0.15, 0.2) is 11.6 Å². The molecule has 3 heterocycles. The Kier molecular flexibility index (Phi) is 2.73. The Bertz CT molecular complexity index is 499. The van der Waals surface area contributed by atoms with Crippen LogP contribution in [0.25, 0.3) is 11.6 Å². The Morgan fingerprint density at radius 3 is 3.18 bits per heavy atom. The maximum absolute atomic E-state index is 5.47. The van der Waals surface area contributed by atoms with Gasteiger partial charge in [-0.05, 0) is 38.4 Å². The van der Waals surface area contributed by atoms with Crippen molar-refractivity contribution in [2.24, 2.45) is 0 Å². The van der Waals surface area contributed by atoms with Crippen molar-refractivity contribution in [3.8, 4) is 11.6 Å². The van der Waals surface area contributed by atoms with Crippen molar-refractivity contribution in [3.63, 3.8) is 0 Å². The Morgan fingerprint density at radius 1 is 1.47 bits per heavy atom. The van der Waals surface area contributed by atoms with Crippen molar-refractivity contribution in [1.29, 1.82) is 0 Å². The van der Waals surface area contributed by atoms with Crippen LogP contribution in [0.15, 0.2) is 22.8 Å². The molecule has 0 fully saturated rings. The first-order valence-corrected chi connectivity index (χ1v) is 6.17. The Labute approximate surface area is 101 Å². The van der Waals surface area contributed by atoms with Gasteiger partial charge < -0.3 is 14.3 Å². The maximum atomic E-state index is 5.47. The quantitative estimate of drug-likeness (QED) is 0.880. The molecular formula is C13H17N3O. The topological polar surface area (TPSA) is 43.0 Å². The monoisotopic (exact) mass is 231 g/mol. The molecule has 0 aliphatic carbocycles. The van der Waals surface area contributed by atoms with E-state index in [1.807, 2.05) is 19.2 Å². The predicted molar refractivity (Wildman–Crippen MR) is 65.6 cm³/mol. The van der Waals surface area contributed by atoms with Gasteiger partial charge >= 0.3 is 0 Å². The number of nitrogens with one attached hydrogen (secondary N) is 1. The van der Waals surface area contributed by atoms with Crippen LogP contribution in [0.4, 0.5) is 0 Å². The van der Waals surface area contributed by atoms with E-state index in [2.05, 4.69) is 9.88 Å². The fraction of sp³-hybridized carbons (Fsp3) is 0.462. The zero-order valence-electron chi connectivity index (χ0n) is 10.1. The lowest BCUT2D eigenvalue weighted by Gasteiger charge is -2.16. The summed E-state index contributed by atoms with van der Waals surface area (Å²) in [6.45, 7) is 1.89. The van der Waals surface area contributed by atoms with E-state index in [-0.39, 0.29) is 0 Å². The third-order valence-electron chi connectivity index (χ3n) is 3.29. The van der Waals surface area contributed by atoms with Gasteiger partial charge in [0.2, 0.25) is 0 Å². The Hall–Kier alpha value is -1.55. The second kappa shape index (κ2) is 4.37. The lowest BCUT2D eigenvalue weighted by atomic mass is 10.1. The van der Waals surface area contributed by atoms with Crippen molar-refractivity contribution in [1.82, 2.24) is 14.9 Å². The summed E-state index contributed by atoms with van der Waals surface area (Å²) in [6, 6.07) is 3.89. The molecule has 1 aliphatic heterocycles. The van der Waals surface area contributed by atoms with Crippen LogP contribution < -0.4 is 5.32 Å². The Balaban J connectivity index is 2.09. The standard InChI is InChI=1S/C13H17N3O/c1-14-9-10-11-5-2-3-7-16(11)13(15-10)12-6-4-8-17-12/h4,6,8,14H,2-3,5,7,9H2,1H3. The molecule has 1 aliphatic rings.